The molecule has 5 heteroatoms. The standard InChI is InChI=1S/C14H16O5/c1-17-10-8-12-11(18-5-6-19-12)7-9(10)14(13(15)16)3-2-4-14/h7-8H,2-6H2,1H3,(H,15,16). The van der Waals surface area contributed by atoms with Crippen molar-refractivity contribution in [1.82, 2.24) is 0 Å². The molecule has 0 radical (unpaired) electrons. The van der Waals surface area contributed by atoms with E-state index in [9.17, 15) is 9.90 Å². The van der Waals surface area contributed by atoms with E-state index in [-0.39, 0.29) is 0 Å². The lowest BCUT2D eigenvalue weighted by Crippen LogP contribution is -2.42. The first-order valence-electron chi connectivity index (χ1n) is 6.39. The van der Waals surface area contributed by atoms with Crippen molar-refractivity contribution < 1.29 is 24.1 Å². The Morgan fingerprint density at radius 1 is 1.26 bits per heavy atom. The maximum atomic E-state index is 11.6. The van der Waals surface area contributed by atoms with Gasteiger partial charge in [-0.1, -0.05) is 6.42 Å². The molecule has 1 N–H and O–H groups in total. The lowest BCUT2D eigenvalue weighted by atomic mass is 9.64. The third kappa shape index (κ3) is 1.72. The molecule has 0 spiro atoms. The van der Waals surface area contributed by atoms with Gasteiger partial charge in [0.15, 0.2) is 11.5 Å². The number of carbonyl (C=O) groups is 1. The Balaban J connectivity index is 2.11. The van der Waals surface area contributed by atoms with Crippen molar-refractivity contribution >= 4 is 5.97 Å². The normalized spacial score (nSPS) is 19.4. The summed E-state index contributed by atoms with van der Waals surface area (Å²) < 4.78 is 16.4. The van der Waals surface area contributed by atoms with Crippen molar-refractivity contribution in [2.75, 3.05) is 20.3 Å². The van der Waals surface area contributed by atoms with Gasteiger partial charge in [0.1, 0.15) is 19.0 Å². The molecule has 0 saturated heterocycles. The molecule has 1 aromatic rings. The highest BCUT2D eigenvalue weighted by molar-refractivity contribution is 5.84. The lowest BCUT2D eigenvalue weighted by Gasteiger charge is -2.39. The first kappa shape index (κ1) is 12.1. The summed E-state index contributed by atoms with van der Waals surface area (Å²) in [5.74, 6) is 0.987. The van der Waals surface area contributed by atoms with Crippen molar-refractivity contribution in [1.29, 1.82) is 0 Å². The maximum Gasteiger partial charge on any atom is 0.314 e. The zero-order valence-electron chi connectivity index (χ0n) is 10.8. The minimum atomic E-state index is -0.832. The summed E-state index contributed by atoms with van der Waals surface area (Å²) in [4.78, 5) is 11.6. The summed E-state index contributed by atoms with van der Waals surface area (Å²) in [7, 11) is 1.54. The summed E-state index contributed by atoms with van der Waals surface area (Å²) in [5, 5.41) is 9.53. The average molecular weight is 264 g/mol. The largest absolute Gasteiger partial charge is 0.496 e. The first-order chi connectivity index (χ1) is 9.17. The van der Waals surface area contributed by atoms with Gasteiger partial charge in [0.2, 0.25) is 0 Å². The molecule has 1 saturated carbocycles. The van der Waals surface area contributed by atoms with E-state index in [1.807, 2.05) is 0 Å². The molecule has 2 aliphatic rings. The number of ether oxygens (including phenoxy) is 3. The van der Waals surface area contributed by atoms with E-state index < -0.39 is 11.4 Å². The lowest BCUT2D eigenvalue weighted by molar-refractivity contribution is -0.147. The number of fused-ring (bicyclic) bond motifs is 1. The van der Waals surface area contributed by atoms with Gasteiger partial charge in [-0.3, -0.25) is 4.79 Å². The van der Waals surface area contributed by atoms with E-state index in [2.05, 4.69) is 0 Å². The molecule has 3 rings (SSSR count). The highest BCUT2D eigenvalue weighted by Gasteiger charge is 2.48. The van der Waals surface area contributed by atoms with Crippen LogP contribution in [0.4, 0.5) is 0 Å². The van der Waals surface area contributed by atoms with Crippen molar-refractivity contribution in [2.45, 2.75) is 24.7 Å². The Bertz CT molecular complexity index is 519. The zero-order chi connectivity index (χ0) is 13.5. The van der Waals surface area contributed by atoms with Crippen LogP contribution in [0.1, 0.15) is 24.8 Å². The minimum Gasteiger partial charge on any atom is -0.496 e. The summed E-state index contributed by atoms with van der Waals surface area (Å²) in [6.07, 6.45) is 2.20. The van der Waals surface area contributed by atoms with Crippen molar-refractivity contribution in [3.8, 4) is 17.2 Å². The predicted octanol–water partition coefficient (Wildman–Crippen LogP) is 1.97. The van der Waals surface area contributed by atoms with Crippen LogP contribution in [0.5, 0.6) is 17.2 Å². The van der Waals surface area contributed by atoms with Crippen LogP contribution in [-0.4, -0.2) is 31.4 Å². The van der Waals surface area contributed by atoms with Gasteiger partial charge in [0.25, 0.3) is 0 Å². The third-order valence-electron chi connectivity index (χ3n) is 4.00. The van der Waals surface area contributed by atoms with Gasteiger partial charge < -0.3 is 19.3 Å². The van der Waals surface area contributed by atoms with Gasteiger partial charge in [-0.05, 0) is 18.9 Å². The number of benzene rings is 1. The molecule has 5 nitrogen and oxygen atoms in total. The van der Waals surface area contributed by atoms with E-state index in [4.69, 9.17) is 14.2 Å². The fraction of sp³-hybridized carbons (Fsp3) is 0.500. The first-order valence-corrected chi connectivity index (χ1v) is 6.39. The molecule has 102 valence electrons. The maximum absolute atomic E-state index is 11.6. The summed E-state index contributed by atoms with van der Waals surface area (Å²) >= 11 is 0. The second kappa shape index (κ2) is 4.33. The molecule has 0 bridgehead atoms. The summed E-state index contributed by atoms with van der Waals surface area (Å²) in [6.45, 7) is 0.985. The Morgan fingerprint density at radius 2 is 1.89 bits per heavy atom. The topological polar surface area (TPSA) is 65.0 Å². The van der Waals surface area contributed by atoms with E-state index in [0.717, 1.165) is 6.42 Å². The van der Waals surface area contributed by atoms with Crippen LogP contribution < -0.4 is 14.2 Å². The number of rotatable bonds is 3. The van der Waals surface area contributed by atoms with E-state index in [1.54, 1.807) is 19.2 Å². The monoisotopic (exact) mass is 264 g/mol. The van der Waals surface area contributed by atoms with Gasteiger partial charge in [0, 0.05) is 11.6 Å². The molecule has 0 atom stereocenters. The quantitative estimate of drug-likeness (QED) is 0.904. The second-order valence-electron chi connectivity index (χ2n) is 4.94. The van der Waals surface area contributed by atoms with Gasteiger partial charge in [-0.15, -0.1) is 0 Å². The molecule has 1 aliphatic carbocycles. The van der Waals surface area contributed by atoms with Gasteiger partial charge >= 0.3 is 5.97 Å². The van der Waals surface area contributed by atoms with Gasteiger partial charge in [-0.2, -0.15) is 0 Å². The molecule has 1 fully saturated rings. The number of carboxylic acid groups (broad SMARTS) is 1. The Labute approximate surface area is 111 Å². The predicted molar refractivity (Wildman–Crippen MR) is 67.1 cm³/mol. The van der Waals surface area contributed by atoms with Crippen LogP contribution in [0, 0.1) is 0 Å². The molecule has 1 heterocycles. The number of hydrogen-bond acceptors (Lipinski definition) is 4. The molecule has 0 unspecified atom stereocenters. The van der Waals surface area contributed by atoms with Crippen LogP contribution in [0.3, 0.4) is 0 Å². The smallest absolute Gasteiger partial charge is 0.314 e. The van der Waals surface area contributed by atoms with Crippen LogP contribution in [0.25, 0.3) is 0 Å². The van der Waals surface area contributed by atoms with Crippen molar-refractivity contribution in [2.24, 2.45) is 0 Å². The second-order valence-corrected chi connectivity index (χ2v) is 4.94. The molecule has 19 heavy (non-hydrogen) atoms. The Morgan fingerprint density at radius 3 is 2.37 bits per heavy atom. The van der Waals surface area contributed by atoms with Crippen LogP contribution in [0.15, 0.2) is 12.1 Å². The number of hydrogen-bond donors (Lipinski definition) is 1. The van der Waals surface area contributed by atoms with Crippen LogP contribution >= 0.6 is 0 Å². The molecular formula is C14H16O5. The molecule has 0 aromatic heterocycles. The Hall–Kier alpha value is -1.91. The van der Waals surface area contributed by atoms with Crippen molar-refractivity contribution in [3.63, 3.8) is 0 Å². The molecular weight excluding hydrogens is 248 g/mol. The fourth-order valence-electron chi connectivity index (χ4n) is 2.74. The molecule has 0 amide bonds. The minimum absolute atomic E-state index is 0.485. The molecule has 1 aromatic carbocycles. The molecule has 1 aliphatic heterocycles. The van der Waals surface area contributed by atoms with E-state index >= 15 is 0 Å². The van der Waals surface area contributed by atoms with Gasteiger partial charge in [-0.25, -0.2) is 0 Å². The third-order valence-corrected chi connectivity index (χ3v) is 4.00. The number of methoxy groups -OCH3 is 1. The summed E-state index contributed by atoms with van der Waals surface area (Å²) in [5.41, 5.74) is -0.140. The van der Waals surface area contributed by atoms with Crippen LogP contribution in [0.2, 0.25) is 0 Å². The zero-order valence-corrected chi connectivity index (χ0v) is 10.8. The van der Waals surface area contributed by atoms with E-state index in [0.29, 0.717) is 48.9 Å². The highest BCUT2D eigenvalue weighted by Crippen LogP contribution is 2.50. The average Bonchev–Trinajstić information content (AvgIpc) is 2.36. The SMILES string of the molecule is COc1cc2c(cc1C1(C(=O)O)CCC1)OCCO2. The summed E-state index contributed by atoms with van der Waals surface area (Å²) in [6, 6.07) is 3.49. The number of carboxylic acids is 1. The Kier molecular flexibility index (Phi) is 2.77. The van der Waals surface area contributed by atoms with Crippen molar-refractivity contribution in [3.05, 3.63) is 17.7 Å². The van der Waals surface area contributed by atoms with E-state index in [1.165, 1.54) is 0 Å². The number of aliphatic carboxylic acids is 1. The highest BCUT2D eigenvalue weighted by atomic mass is 16.6. The van der Waals surface area contributed by atoms with Crippen LogP contribution in [-0.2, 0) is 10.2 Å². The fourth-order valence-corrected chi connectivity index (χ4v) is 2.74. The van der Waals surface area contributed by atoms with Gasteiger partial charge in [0.05, 0.1) is 12.5 Å².